The first-order chi connectivity index (χ1) is 3.81. The Labute approximate surface area is 61.3 Å². The molecule has 4 heteroatoms. The number of rotatable bonds is 2. The third-order valence-corrected chi connectivity index (χ3v) is 0.816. The average Bonchev–Trinajstić information content (AvgIpc) is 1.68. The van der Waals surface area contributed by atoms with E-state index < -0.39 is 0 Å². The molecule has 0 aliphatic carbocycles. The van der Waals surface area contributed by atoms with Gasteiger partial charge in [-0.1, -0.05) is 22.6 Å². The van der Waals surface area contributed by atoms with Gasteiger partial charge in [0, 0.05) is 0 Å². The molecule has 0 unspecified atom stereocenters. The van der Waals surface area contributed by atoms with Crippen LogP contribution in [0.1, 0.15) is 0 Å². The van der Waals surface area contributed by atoms with Crippen LogP contribution in [0.2, 0.25) is 0 Å². The lowest BCUT2D eigenvalue weighted by Crippen LogP contribution is -1.93. The number of hydrogen-bond acceptors (Lipinski definition) is 3. The van der Waals surface area contributed by atoms with E-state index in [1.807, 2.05) is 22.6 Å². The Bertz CT molecular complexity index is 113. The molecule has 0 fully saturated rings. The van der Waals surface area contributed by atoms with Crippen LogP contribution in [-0.4, -0.2) is 11.9 Å². The van der Waals surface area contributed by atoms with Crippen molar-refractivity contribution >= 4 is 34.5 Å². The van der Waals surface area contributed by atoms with Crippen molar-refractivity contribution in [3.8, 4) is 0 Å². The first kappa shape index (κ1) is 7.61. The van der Waals surface area contributed by atoms with Gasteiger partial charge in [0.05, 0.1) is 11.9 Å². The molecule has 3 N–H and O–H groups in total. The zero-order chi connectivity index (χ0) is 6.41. The van der Waals surface area contributed by atoms with Crippen molar-refractivity contribution in [1.29, 1.82) is 5.41 Å². The summed E-state index contributed by atoms with van der Waals surface area (Å²) in [4.78, 5) is 0. The molecule has 0 aliphatic rings. The summed E-state index contributed by atoms with van der Waals surface area (Å²) in [6.45, 7) is 0. The second-order valence-electron chi connectivity index (χ2n) is 1.03. The van der Waals surface area contributed by atoms with Gasteiger partial charge in [-0.25, -0.2) is 0 Å². The van der Waals surface area contributed by atoms with E-state index in [1.54, 1.807) is 10.2 Å². The van der Waals surface area contributed by atoms with Gasteiger partial charge in [0.2, 0.25) is 0 Å². The van der Waals surface area contributed by atoms with Gasteiger partial charge in [0.25, 0.3) is 0 Å². The molecule has 3 nitrogen and oxygen atoms in total. The first-order valence-electron chi connectivity index (χ1n) is 1.90. The van der Waals surface area contributed by atoms with Gasteiger partial charge in [0.15, 0.2) is 0 Å². The minimum atomic E-state index is 0.307. The molecule has 0 atom stereocenters. The minimum Gasteiger partial charge on any atom is -0.323 e. The van der Waals surface area contributed by atoms with Crippen molar-refractivity contribution in [2.24, 2.45) is 10.9 Å². The van der Waals surface area contributed by atoms with Crippen LogP contribution in [0.3, 0.4) is 0 Å². The molecule has 0 heterocycles. The Hall–Kier alpha value is -0.390. The summed E-state index contributed by atoms with van der Waals surface area (Å²) in [6, 6.07) is 0. The number of halogens is 1. The van der Waals surface area contributed by atoms with Gasteiger partial charge in [-0.3, -0.25) is 5.41 Å². The summed E-state index contributed by atoms with van der Waals surface area (Å²) in [5.74, 6) is 4.75. The predicted octanol–water partition coefficient (Wildman–Crippen LogP) is 0.899. The van der Waals surface area contributed by atoms with Crippen LogP contribution >= 0.6 is 22.6 Å². The van der Waals surface area contributed by atoms with Crippen LogP contribution in [0.25, 0.3) is 0 Å². The van der Waals surface area contributed by atoms with E-state index in [0.29, 0.717) is 5.71 Å². The van der Waals surface area contributed by atoms with E-state index in [-0.39, 0.29) is 0 Å². The number of nitrogens with one attached hydrogen (secondary N) is 1. The van der Waals surface area contributed by atoms with Gasteiger partial charge in [0.1, 0.15) is 0 Å². The molecule has 0 saturated carbocycles. The van der Waals surface area contributed by atoms with Gasteiger partial charge in [-0.2, -0.15) is 5.10 Å². The fourth-order valence-corrected chi connectivity index (χ4v) is 0.579. The van der Waals surface area contributed by atoms with Gasteiger partial charge >= 0.3 is 0 Å². The van der Waals surface area contributed by atoms with Crippen molar-refractivity contribution in [2.75, 3.05) is 0 Å². The van der Waals surface area contributed by atoms with Crippen LogP contribution in [0.5, 0.6) is 0 Å². The second-order valence-corrected chi connectivity index (χ2v) is 1.75. The molecular formula is C4H6IN3. The first-order valence-corrected chi connectivity index (χ1v) is 3.14. The number of hydrogen-bond donors (Lipinski definition) is 2. The molecule has 0 bridgehead atoms. The zero-order valence-electron chi connectivity index (χ0n) is 4.13. The smallest absolute Gasteiger partial charge is 0.0744 e. The third kappa shape index (κ3) is 3.79. The topological polar surface area (TPSA) is 62.2 Å². The molecule has 8 heavy (non-hydrogen) atoms. The molecule has 0 rings (SSSR count). The van der Waals surface area contributed by atoms with Gasteiger partial charge in [-0.05, 0) is 10.2 Å². The lowest BCUT2D eigenvalue weighted by atomic mass is 10.4. The highest BCUT2D eigenvalue weighted by Gasteiger charge is 1.77. The van der Waals surface area contributed by atoms with Crippen LogP contribution < -0.4 is 5.84 Å². The summed E-state index contributed by atoms with van der Waals surface area (Å²) in [6.07, 6.45) is 2.87. The second kappa shape index (κ2) is 4.76. The largest absolute Gasteiger partial charge is 0.323 e. The van der Waals surface area contributed by atoms with E-state index in [4.69, 9.17) is 11.3 Å². The van der Waals surface area contributed by atoms with E-state index >= 15 is 0 Å². The van der Waals surface area contributed by atoms with E-state index in [0.717, 1.165) is 0 Å². The molecule has 0 aliphatic heterocycles. The number of nitrogens with zero attached hydrogens (tertiary/aromatic N) is 1. The zero-order valence-corrected chi connectivity index (χ0v) is 6.29. The maximum Gasteiger partial charge on any atom is 0.0744 e. The Morgan fingerprint density at radius 2 is 2.38 bits per heavy atom. The van der Waals surface area contributed by atoms with Crippen LogP contribution in [0.4, 0.5) is 0 Å². The standard InChI is InChI=1S/C4H6IN3/c5-2-1-4(6)3-8-7/h1-3,6H,7H2/b2-1-,6-4?,8-3?. The molecule has 0 radical (unpaired) electrons. The van der Waals surface area contributed by atoms with Crippen LogP contribution in [-0.2, 0) is 0 Å². The van der Waals surface area contributed by atoms with Crippen molar-refractivity contribution in [1.82, 2.24) is 0 Å². The number of allylic oxidation sites excluding steroid dienone is 1. The molecule has 0 amide bonds. The highest BCUT2D eigenvalue weighted by atomic mass is 127. The molecular weight excluding hydrogens is 217 g/mol. The Kier molecular flexibility index (Phi) is 4.53. The van der Waals surface area contributed by atoms with Crippen LogP contribution in [0, 0.1) is 5.41 Å². The molecule has 0 aromatic rings. The van der Waals surface area contributed by atoms with E-state index in [9.17, 15) is 0 Å². The number of nitrogens with two attached hydrogens (primary N) is 1. The summed E-state index contributed by atoms with van der Waals surface area (Å²) < 4.78 is 1.72. The minimum absolute atomic E-state index is 0.307. The summed E-state index contributed by atoms with van der Waals surface area (Å²) in [5.41, 5.74) is 0.307. The van der Waals surface area contributed by atoms with Crippen molar-refractivity contribution in [2.45, 2.75) is 0 Å². The van der Waals surface area contributed by atoms with Crippen molar-refractivity contribution in [3.63, 3.8) is 0 Å². The van der Waals surface area contributed by atoms with Gasteiger partial charge in [-0.15, -0.1) is 0 Å². The summed E-state index contributed by atoms with van der Waals surface area (Å²) in [7, 11) is 0. The molecule has 0 saturated heterocycles. The monoisotopic (exact) mass is 223 g/mol. The summed E-state index contributed by atoms with van der Waals surface area (Å²) >= 11 is 2.02. The molecule has 0 aromatic carbocycles. The number of hydrazone groups is 1. The Morgan fingerprint density at radius 1 is 1.75 bits per heavy atom. The van der Waals surface area contributed by atoms with Crippen molar-refractivity contribution < 1.29 is 0 Å². The Balaban J connectivity index is 3.66. The van der Waals surface area contributed by atoms with Crippen molar-refractivity contribution in [3.05, 3.63) is 10.2 Å². The fourth-order valence-electron chi connectivity index (χ4n) is 0.191. The molecule has 0 aromatic heterocycles. The lowest BCUT2D eigenvalue weighted by molar-refractivity contribution is 1.27. The molecule has 0 spiro atoms. The lowest BCUT2D eigenvalue weighted by Gasteiger charge is -1.78. The average molecular weight is 223 g/mol. The predicted molar refractivity (Wildman–Crippen MR) is 43.6 cm³/mol. The summed E-state index contributed by atoms with van der Waals surface area (Å²) in [5, 5.41) is 10.1. The quantitative estimate of drug-likeness (QED) is 0.310. The highest BCUT2D eigenvalue weighted by Crippen LogP contribution is 1.82. The highest BCUT2D eigenvalue weighted by molar-refractivity contribution is 14.1. The molecule has 44 valence electrons. The van der Waals surface area contributed by atoms with Crippen LogP contribution in [0.15, 0.2) is 15.3 Å². The Morgan fingerprint density at radius 3 is 2.75 bits per heavy atom. The normalized spacial score (nSPS) is 11.1. The maximum atomic E-state index is 6.97. The maximum absolute atomic E-state index is 6.97. The van der Waals surface area contributed by atoms with E-state index in [2.05, 4.69) is 5.10 Å². The fraction of sp³-hybridized carbons (Fsp3) is 0. The third-order valence-electron chi connectivity index (χ3n) is 0.456. The van der Waals surface area contributed by atoms with Gasteiger partial charge < -0.3 is 5.84 Å². The SMILES string of the molecule is N=C(C=NN)/C=C\I. The van der Waals surface area contributed by atoms with E-state index in [1.165, 1.54) is 6.21 Å².